The van der Waals surface area contributed by atoms with E-state index >= 15 is 0 Å². The Morgan fingerprint density at radius 3 is 2.48 bits per heavy atom. The highest BCUT2D eigenvalue weighted by atomic mass is 127. The van der Waals surface area contributed by atoms with Crippen LogP contribution in [0.25, 0.3) is 0 Å². The summed E-state index contributed by atoms with van der Waals surface area (Å²) in [5, 5.41) is 2.61. The number of ether oxygens (including phenoxy) is 1. The van der Waals surface area contributed by atoms with Crippen LogP contribution in [0.5, 0.6) is 0 Å². The van der Waals surface area contributed by atoms with E-state index in [1.54, 1.807) is 12.1 Å². The maximum atomic E-state index is 11.6. The quantitative estimate of drug-likeness (QED) is 0.607. The number of amides is 1. The monoisotopic (exact) mass is 398 g/mol. The second kappa shape index (κ2) is 7.02. The summed E-state index contributed by atoms with van der Waals surface area (Å²) >= 11 is 2.16. The SMILES string of the molecule is O=C(COC(=O)c1ccc(=O)[nH]c1)Nc1ccc(I)cc1. The van der Waals surface area contributed by atoms with Crippen LogP contribution in [0.4, 0.5) is 5.69 Å². The molecular formula is C14H11IN2O4. The zero-order valence-corrected chi connectivity index (χ0v) is 12.9. The predicted molar refractivity (Wildman–Crippen MR) is 85.1 cm³/mol. The van der Waals surface area contributed by atoms with Gasteiger partial charge in [0, 0.05) is 21.5 Å². The number of halogens is 1. The molecule has 1 amide bonds. The van der Waals surface area contributed by atoms with Crippen molar-refractivity contribution >= 4 is 40.2 Å². The lowest BCUT2D eigenvalue weighted by atomic mass is 10.3. The second-order valence-electron chi connectivity index (χ2n) is 4.07. The third-order valence-electron chi connectivity index (χ3n) is 2.48. The summed E-state index contributed by atoms with van der Waals surface area (Å²) in [6, 6.07) is 9.75. The lowest BCUT2D eigenvalue weighted by molar-refractivity contribution is -0.119. The minimum atomic E-state index is -0.677. The number of carbonyl (C=O) groups is 2. The van der Waals surface area contributed by atoms with Crippen LogP contribution >= 0.6 is 22.6 Å². The molecule has 1 heterocycles. The van der Waals surface area contributed by atoms with Crippen molar-refractivity contribution in [2.45, 2.75) is 0 Å². The lowest BCUT2D eigenvalue weighted by Gasteiger charge is -2.06. The number of aromatic nitrogens is 1. The molecule has 0 unspecified atom stereocenters. The van der Waals surface area contributed by atoms with E-state index in [9.17, 15) is 14.4 Å². The number of carbonyl (C=O) groups excluding carboxylic acids is 2. The molecule has 2 aromatic rings. The third-order valence-corrected chi connectivity index (χ3v) is 3.20. The highest BCUT2D eigenvalue weighted by molar-refractivity contribution is 14.1. The van der Waals surface area contributed by atoms with Crippen molar-refractivity contribution in [1.29, 1.82) is 0 Å². The van der Waals surface area contributed by atoms with Gasteiger partial charge in [-0.25, -0.2) is 4.79 Å². The van der Waals surface area contributed by atoms with Gasteiger partial charge in [-0.3, -0.25) is 9.59 Å². The molecule has 21 heavy (non-hydrogen) atoms. The van der Waals surface area contributed by atoms with Gasteiger partial charge in [0.05, 0.1) is 5.56 Å². The van der Waals surface area contributed by atoms with E-state index in [1.807, 2.05) is 12.1 Å². The van der Waals surface area contributed by atoms with Gasteiger partial charge in [-0.1, -0.05) is 0 Å². The van der Waals surface area contributed by atoms with Gasteiger partial charge in [0.15, 0.2) is 6.61 Å². The third kappa shape index (κ3) is 4.71. The number of hydrogen-bond donors (Lipinski definition) is 2. The number of hydrogen-bond acceptors (Lipinski definition) is 4. The average Bonchev–Trinajstić information content (AvgIpc) is 2.48. The number of pyridine rings is 1. The zero-order chi connectivity index (χ0) is 15.2. The highest BCUT2D eigenvalue weighted by Gasteiger charge is 2.10. The number of H-pyrrole nitrogens is 1. The molecular weight excluding hydrogens is 387 g/mol. The fourth-order valence-corrected chi connectivity index (χ4v) is 1.84. The summed E-state index contributed by atoms with van der Waals surface area (Å²) in [5.41, 5.74) is 0.486. The number of esters is 1. The fraction of sp³-hybridized carbons (Fsp3) is 0.0714. The summed E-state index contributed by atoms with van der Waals surface area (Å²) in [7, 11) is 0. The van der Waals surface area contributed by atoms with Gasteiger partial charge < -0.3 is 15.0 Å². The molecule has 0 radical (unpaired) electrons. The standard InChI is InChI=1S/C14H11IN2O4/c15-10-2-4-11(5-3-10)17-13(19)8-21-14(20)9-1-6-12(18)16-7-9/h1-7H,8H2,(H,16,18)(H,17,19). The molecule has 0 aliphatic rings. The van der Waals surface area contributed by atoms with Crippen LogP contribution < -0.4 is 10.9 Å². The van der Waals surface area contributed by atoms with Crippen LogP contribution in [0, 0.1) is 3.57 Å². The summed E-state index contributed by atoms with van der Waals surface area (Å²) in [4.78, 5) is 36.5. The molecule has 2 N–H and O–H groups in total. The zero-order valence-electron chi connectivity index (χ0n) is 10.8. The normalized spacial score (nSPS) is 9.95. The minimum Gasteiger partial charge on any atom is -0.452 e. The van der Waals surface area contributed by atoms with Gasteiger partial charge in [0.2, 0.25) is 5.56 Å². The van der Waals surface area contributed by atoms with Gasteiger partial charge in [-0.05, 0) is 52.9 Å². The molecule has 108 valence electrons. The molecule has 7 heteroatoms. The number of benzene rings is 1. The van der Waals surface area contributed by atoms with Crippen LogP contribution in [0.15, 0.2) is 47.4 Å². The highest BCUT2D eigenvalue weighted by Crippen LogP contribution is 2.10. The summed E-state index contributed by atoms with van der Waals surface area (Å²) in [6.07, 6.45) is 1.24. The first-order chi connectivity index (χ1) is 10.0. The Morgan fingerprint density at radius 2 is 1.86 bits per heavy atom. The molecule has 2 rings (SSSR count). The van der Waals surface area contributed by atoms with Gasteiger partial charge >= 0.3 is 5.97 Å². The van der Waals surface area contributed by atoms with E-state index in [2.05, 4.69) is 32.9 Å². The van der Waals surface area contributed by atoms with Gasteiger partial charge in [0.1, 0.15) is 0 Å². The molecule has 0 saturated carbocycles. The Labute approximate surface area is 133 Å². The van der Waals surface area contributed by atoms with Crippen molar-refractivity contribution in [3.63, 3.8) is 0 Å². The van der Waals surface area contributed by atoms with Crippen LogP contribution in [0.1, 0.15) is 10.4 Å². The maximum absolute atomic E-state index is 11.6. The largest absolute Gasteiger partial charge is 0.452 e. The number of aromatic amines is 1. The second-order valence-corrected chi connectivity index (χ2v) is 5.32. The first kappa shape index (κ1) is 15.2. The summed E-state index contributed by atoms with van der Waals surface area (Å²) in [6.45, 7) is -0.399. The van der Waals surface area contributed by atoms with E-state index in [0.29, 0.717) is 5.69 Å². The van der Waals surface area contributed by atoms with Crippen molar-refractivity contribution in [2.24, 2.45) is 0 Å². The fourth-order valence-electron chi connectivity index (χ4n) is 1.48. The number of rotatable bonds is 4. The molecule has 0 atom stereocenters. The van der Waals surface area contributed by atoms with E-state index in [4.69, 9.17) is 4.74 Å². The van der Waals surface area contributed by atoms with E-state index in [-0.39, 0.29) is 11.1 Å². The Bertz CT molecular complexity index is 689. The molecule has 0 saturated heterocycles. The Kier molecular flexibility index (Phi) is 5.09. The topological polar surface area (TPSA) is 88.3 Å². The van der Waals surface area contributed by atoms with Crippen LogP contribution in [-0.4, -0.2) is 23.5 Å². The molecule has 0 aliphatic heterocycles. The van der Waals surface area contributed by atoms with Gasteiger partial charge in [-0.15, -0.1) is 0 Å². The number of nitrogens with one attached hydrogen (secondary N) is 2. The molecule has 1 aromatic carbocycles. The lowest BCUT2D eigenvalue weighted by Crippen LogP contribution is -2.21. The smallest absolute Gasteiger partial charge is 0.340 e. The van der Waals surface area contributed by atoms with Crippen molar-refractivity contribution in [1.82, 2.24) is 4.98 Å². The van der Waals surface area contributed by atoms with E-state index in [1.165, 1.54) is 18.3 Å². The van der Waals surface area contributed by atoms with Crippen molar-refractivity contribution in [2.75, 3.05) is 11.9 Å². The minimum absolute atomic E-state index is 0.177. The van der Waals surface area contributed by atoms with Gasteiger partial charge in [-0.2, -0.15) is 0 Å². The average molecular weight is 398 g/mol. The molecule has 6 nitrogen and oxygen atoms in total. The number of anilines is 1. The molecule has 1 aromatic heterocycles. The van der Waals surface area contributed by atoms with Gasteiger partial charge in [0.25, 0.3) is 5.91 Å². The first-order valence-corrected chi connectivity index (χ1v) is 7.04. The predicted octanol–water partition coefficient (Wildman–Crippen LogP) is 1.77. The molecule has 0 bridgehead atoms. The molecule has 0 aliphatic carbocycles. The van der Waals surface area contributed by atoms with Crippen molar-refractivity contribution in [3.05, 3.63) is 62.1 Å². The van der Waals surface area contributed by atoms with Crippen LogP contribution in [0.2, 0.25) is 0 Å². The first-order valence-electron chi connectivity index (χ1n) is 5.96. The Balaban J connectivity index is 1.86. The van der Waals surface area contributed by atoms with Crippen molar-refractivity contribution < 1.29 is 14.3 Å². The van der Waals surface area contributed by atoms with E-state index < -0.39 is 18.5 Å². The summed E-state index contributed by atoms with van der Waals surface area (Å²) < 4.78 is 5.90. The molecule has 0 fully saturated rings. The van der Waals surface area contributed by atoms with Crippen LogP contribution in [0.3, 0.4) is 0 Å². The van der Waals surface area contributed by atoms with E-state index in [0.717, 1.165) is 3.57 Å². The Hall–Kier alpha value is -2.16. The molecule has 0 spiro atoms. The summed E-state index contributed by atoms with van der Waals surface area (Å²) in [5.74, 6) is -1.11. The van der Waals surface area contributed by atoms with Crippen molar-refractivity contribution in [3.8, 4) is 0 Å². The maximum Gasteiger partial charge on any atom is 0.340 e. The Morgan fingerprint density at radius 1 is 1.14 bits per heavy atom. The van der Waals surface area contributed by atoms with Crippen LogP contribution in [-0.2, 0) is 9.53 Å².